The molecule has 4 rings (SSSR count). The van der Waals surface area contributed by atoms with E-state index in [2.05, 4.69) is 57.7 Å². The summed E-state index contributed by atoms with van der Waals surface area (Å²) < 4.78 is 11.1. The Hall–Kier alpha value is -4.16. The second-order valence-electron chi connectivity index (χ2n) is 15.0. The number of amides is 2. The zero-order valence-electron chi connectivity index (χ0n) is 34.5. The highest BCUT2D eigenvalue weighted by atomic mass is 16.5. The number of ether oxygens (including phenoxy) is 2. The molecule has 0 unspecified atom stereocenters. The van der Waals surface area contributed by atoms with Gasteiger partial charge in [0.1, 0.15) is 11.5 Å². The van der Waals surface area contributed by atoms with Crippen molar-refractivity contribution in [2.24, 2.45) is 11.8 Å². The van der Waals surface area contributed by atoms with Crippen LogP contribution in [0.25, 0.3) is 0 Å². The highest BCUT2D eigenvalue weighted by molar-refractivity contribution is 6.27. The molecule has 0 saturated carbocycles. The van der Waals surface area contributed by atoms with E-state index in [-0.39, 0.29) is 0 Å². The van der Waals surface area contributed by atoms with Crippen molar-refractivity contribution < 1.29 is 38.9 Å². The number of carboxylic acid groups (broad SMARTS) is 2. The Morgan fingerprint density at radius 3 is 1.27 bits per heavy atom. The van der Waals surface area contributed by atoms with E-state index in [0.717, 1.165) is 141 Å². The van der Waals surface area contributed by atoms with Gasteiger partial charge < -0.3 is 29.5 Å². The molecule has 2 aromatic rings. The number of nitrogens with zero attached hydrogens (tertiary/aromatic N) is 4. The van der Waals surface area contributed by atoms with Crippen LogP contribution in [0.4, 0.5) is 0 Å². The number of likely N-dealkylation sites (tertiary alicyclic amines) is 2. The van der Waals surface area contributed by atoms with Gasteiger partial charge in [0.25, 0.3) is 0 Å². The standard InChI is InChI=1S/C42H66N4O4.C2H2O4/c1-5-43(33-37-17-11-13-19-39(37)49-3)27-15-7-9-21-41(47)45-29-23-35(24-30-45)36-25-31-46(32-26-36)42(48)22-10-8-16-28-44(6-2)34-38-18-12-14-20-40(38)50-4;3-1(4)2(5)6/h11-14,17-20,35-36H,5-10,15-16,21-34H2,1-4H3;(H,3,4)(H,5,6). The first-order chi connectivity index (χ1) is 27.1. The van der Waals surface area contributed by atoms with Gasteiger partial charge in [0.05, 0.1) is 14.2 Å². The first-order valence-electron chi connectivity index (χ1n) is 20.8. The highest BCUT2D eigenvalue weighted by Crippen LogP contribution is 2.33. The number of methoxy groups -OCH3 is 2. The third-order valence-electron chi connectivity index (χ3n) is 11.4. The molecule has 0 radical (unpaired) electrons. The fraction of sp³-hybridized carbons (Fsp3) is 0.636. The topological polar surface area (TPSA) is 140 Å². The number of carbonyl (C=O) groups excluding carboxylic acids is 2. The molecule has 0 atom stereocenters. The maximum absolute atomic E-state index is 13.0. The van der Waals surface area contributed by atoms with E-state index in [1.807, 2.05) is 24.3 Å². The van der Waals surface area contributed by atoms with Crippen molar-refractivity contribution in [1.82, 2.24) is 19.6 Å². The molecule has 2 aliphatic rings. The molecule has 0 bridgehead atoms. The smallest absolute Gasteiger partial charge is 0.414 e. The molecule has 2 aromatic carbocycles. The number of carboxylic acids is 2. The zero-order chi connectivity index (χ0) is 40.7. The molecule has 12 heteroatoms. The number of carbonyl (C=O) groups is 4. The van der Waals surface area contributed by atoms with Crippen LogP contribution >= 0.6 is 0 Å². The van der Waals surface area contributed by atoms with Gasteiger partial charge in [-0.05, 0) is 102 Å². The lowest BCUT2D eigenvalue weighted by Gasteiger charge is -2.40. The molecule has 2 aliphatic heterocycles. The van der Waals surface area contributed by atoms with E-state index in [9.17, 15) is 9.59 Å². The lowest BCUT2D eigenvalue weighted by atomic mass is 9.78. The van der Waals surface area contributed by atoms with Crippen molar-refractivity contribution >= 4 is 23.8 Å². The maximum Gasteiger partial charge on any atom is 0.414 e. The minimum absolute atomic E-state index is 0.337. The van der Waals surface area contributed by atoms with Crippen LogP contribution in [0.2, 0.25) is 0 Å². The van der Waals surface area contributed by atoms with Gasteiger partial charge in [0, 0.05) is 63.2 Å². The summed E-state index contributed by atoms with van der Waals surface area (Å²) in [6.45, 7) is 13.9. The molecule has 56 heavy (non-hydrogen) atoms. The zero-order valence-corrected chi connectivity index (χ0v) is 34.5. The van der Waals surface area contributed by atoms with Gasteiger partial charge in [0.15, 0.2) is 0 Å². The number of benzene rings is 2. The lowest BCUT2D eigenvalue weighted by Crippen LogP contribution is -2.44. The first-order valence-corrected chi connectivity index (χ1v) is 20.8. The number of hydrogen-bond donors (Lipinski definition) is 2. The third kappa shape index (κ3) is 16.1. The molecule has 0 aromatic heterocycles. The number of aliphatic carboxylic acids is 2. The Kier molecular flexibility index (Phi) is 21.4. The average molecular weight is 781 g/mol. The SMILES string of the molecule is CCN(CCCCCC(=O)N1CCC(C2CCN(C(=O)CCCCCN(CC)Cc3ccccc3OC)CC2)CC1)Cc1ccccc1OC.O=C(O)C(=O)O. The molecule has 312 valence electrons. The molecular formula is C44H68N4O8. The van der Waals surface area contributed by atoms with Crippen molar-refractivity contribution in [3.05, 3.63) is 59.7 Å². The van der Waals surface area contributed by atoms with Crippen molar-refractivity contribution in [2.45, 2.75) is 104 Å². The van der Waals surface area contributed by atoms with Crippen LogP contribution in [-0.2, 0) is 32.3 Å². The second kappa shape index (κ2) is 25.9. The Morgan fingerprint density at radius 2 is 0.946 bits per heavy atom. The van der Waals surface area contributed by atoms with Crippen molar-refractivity contribution in [1.29, 1.82) is 0 Å². The monoisotopic (exact) mass is 781 g/mol. The number of piperidine rings is 2. The van der Waals surface area contributed by atoms with Crippen LogP contribution in [0.5, 0.6) is 11.5 Å². The molecule has 0 spiro atoms. The Labute approximate surface area is 335 Å². The molecule has 2 fully saturated rings. The minimum Gasteiger partial charge on any atom is -0.496 e. The van der Waals surface area contributed by atoms with Crippen molar-refractivity contribution in [3.8, 4) is 11.5 Å². The third-order valence-corrected chi connectivity index (χ3v) is 11.4. The van der Waals surface area contributed by atoms with Crippen molar-refractivity contribution in [2.75, 3.05) is 66.6 Å². The van der Waals surface area contributed by atoms with Crippen LogP contribution in [0.15, 0.2) is 48.5 Å². The summed E-state index contributed by atoms with van der Waals surface area (Å²) >= 11 is 0. The van der Waals surface area contributed by atoms with Crippen LogP contribution < -0.4 is 9.47 Å². The van der Waals surface area contributed by atoms with Crippen LogP contribution in [0, 0.1) is 11.8 Å². The van der Waals surface area contributed by atoms with E-state index in [4.69, 9.17) is 29.3 Å². The average Bonchev–Trinajstić information content (AvgIpc) is 3.22. The van der Waals surface area contributed by atoms with Crippen LogP contribution in [0.1, 0.15) is 102 Å². The van der Waals surface area contributed by atoms with Gasteiger partial charge >= 0.3 is 11.9 Å². The summed E-state index contributed by atoms with van der Waals surface area (Å²) in [5.41, 5.74) is 2.46. The Morgan fingerprint density at radius 1 is 0.589 bits per heavy atom. The van der Waals surface area contributed by atoms with E-state index in [1.54, 1.807) is 14.2 Å². The summed E-state index contributed by atoms with van der Waals surface area (Å²) in [6, 6.07) is 16.5. The van der Waals surface area contributed by atoms with Gasteiger partial charge in [-0.1, -0.05) is 63.1 Å². The first kappa shape index (κ1) is 46.2. The fourth-order valence-electron chi connectivity index (χ4n) is 7.98. The van der Waals surface area contributed by atoms with E-state index in [0.29, 0.717) is 36.5 Å². The molecule has 2 heterocycles. The lowest BCUT2D eigenvalue weighted by molar-refractivity contribution is -0.159. The van der Waals surface area contributed by atoms with Gasteiger partial charge in [-0.15, -0.1) is 0 Å². The number of hydrogen-bond acceptors (Lipinski definition) is 8. The van der Waals surface area contributed by atoms with Crippen LogP contribution in [0.3, 0.4) is 0 Å². The maximum atomic E-state index is 13.0. The molecule has 2 amide bonds. The van der Waals surface area contributed by atoms with Crippen LogP contribution in [-0.4, -0.2) is 120 Å². The van der Waals surface area contributed by atoms with Gasteiger partial charge in [-0.25, -0.2) is 9.59 Å². The minimum atomic E-state index is -1.82. The van der Waals surface area contributed by atoms with E-state index < -0.39 is 11.9 Å². The molecule has 2 N–H and O–H groups in total. The Balaban J connectivity index is 0.00000130. The van der Waals surface area contributed by atoms with E-state index >= 15 is 0 Å². The quantitative estimate of drug-likeness (QED) is 0.103. The highest BCUT2D eigenvalue weighted by Gasteiger charge is 2.31. The molecule has 0 aliphatic carbocycles. The molecule has 12 nitrogen and oxygen atoms in total. The summed E-state index contributed by atoms with van der Waals surface area (Å²) in [5.74, 6) is 0.316. The van der Waals surface area contributed by atoms with Gasteiger partial charge in [-0.3, -0.25) is 19.4 Å². The second-order valence-corrected chi connectivity index (χ2v) is 15.0. The predicted octanol–water partition coefficient (Wildman–Crippen LogP) is 6.80. The normalized spacial score (nSPS) is 15.0. The summed E-state index contributed by atoms with van der Waals surface area (Å²) in [5, 5.41) is 14.8. The fourth-order valence-corrected chi connectivity index (χ4v) is 7.98. The predicted molar refractivity (Wildman–Crippen MR) is 219 cm³/mol. The summed E-state index contributed by atoms with van der Waals surface area (Å²) in [4.78, 5) is 53.3. The molecular weight excluding hydrogens is 713 g/mol. The summed E-state index contributed by atoms with van der Waals surface area (Å²) in [7, 11) is 3.47. The number of unbranched alkanes of at least 4 members (excludes halogenated alkanes) is 4. The van der Waals surface area contributed by atoms with Gasteiger partial charge in [-0.2, -0.15) is 0 Å². The largest absolute Gasteiger partial charge is 0.496 e. The van der Waals surface area contributed by atoms with Gasteiger partial charge in [0.2, 0.25) is 11.8 Å². The number of rotatable bonds is 21. The number of para-hydroxylation sites is 2. The van der Waals surface area contributed by atoms with E-state index in [1.165, 1.54) is 11.1 Å². The van der Waals surface area contributed by atoms with Crippen molar-refractivity contribution in [3.63, 3.8) is 0 Å². The Bertz CT molecular complexity index is 1360. The summed E-state index contributed by atoms with van der Waals surface area (Å²) in [6.07, 6.45) is 12.1. The molecule has 2 saturated heterocycles.